The number of hydrogen-bond acceptors (Lipinski definition) is 3. The zero-order valence-corrected chi connectivity index (χ0v) is 11.0. The minimum atomic E-state index is -0.214. The minimum absolute atomic E-state index is 0.0451. The highest BCUT2D eigenvalue weighted by Crippen LogP contribution is 2.33. The smallest absolute Gasteiger partial charge is 0.313 e. The summed E-state index contributed by atoms with van der Waals surface area (Å²) in [6.45, 7) is 4.54. The van der Waals surface area contributed by atoms with Gasteiger partial charge in [-0.25, -0.2) is 0 Å². The van der Waals surface area contributed by atoms with E-state index in [2.05, 4.69) is 12.2 Å². The first-order valence-corrected chi connectivity index (χ1v) is 7.15. The summed E-state index contributed by atoms with van der Waals surface area (Å²) >= 11 is 0. The normalized spacial score (nSPS) is 29.0. The van der Waals surface area contributed by atoms with Gasteiger partial charge in [0.1, 0.15) is 0 Å². The van der Waals surface area contributed by atoms with E-state index in [-0.39, 0.29) is 11.4 Å². The van der Waals surface area contributed by atoms with E-state index in [1.54, 1.807) is 0 Å². The van der Waals surface area contributed by atoms with Gasteiger partial charge in [-0.1, -0.05) is 32.6 Å². The highest BCUT2D eigenvalue weighted by atomic mass is 16.5. The average Bonchev–Trinajstić information content (AvgIpc) is 2.72. The lowest BCUT2D eigenvalue weighted by Crippen LogP contribution is -2.35. The molecule has 0 radical (unpaired) electrons. The van der Waals surface area contributed by atoms with Crippen LogP contribution in [0.3, 0.4) is 0 Å². The van der Waals surface area contributed by atoms with Gasteiger partial charge in [0.15, 0.2) is 0 Å². The molecule has 1 aliphatic heterocycles. The first kappa shape index (κ1) is 12.9. The monoisotopic (exact) mass is 239 g/mol. The number of ether oxygens (including phenoxy) is 1. The highest BCUT2D eigenvalue weighted by Gasteiger charge is 2.41. The van der Waals surface area contributed by atoms with Gasteiger partial charge >= 0.3 is 5.97 Å². The summed E-state index contributed by atoms with van der Waals surface area (Å²) in [6, 6.07) is 0. The van der Waals surface area contributed by atoms with Gasteiger partial charge in [0.05, 0.1) is 12.0 Å². The molecule has 1 N–H and O–H groups in total. The first-order chi connectivity index (χ1) is 8.27. The molecular weight excluding hydrogens is 214 g/mol. The van der Waals surface area contributed by atoms with Crippen LogP contribution in [-0.4, -0.2) is 25.7 Å². The van der Waals surface area contributed by atoms with Crippen molar-refractivity contribution in [3.05, 3.63) is 0 Å². The lowest BCUT2D eigenvalue weighted by Gasteiger charge is -2.28. The maximum atomic E-state index is 12.2. The summed E-state index contributed by atoms with van der Waals surface area (Å²) in [7, 11) is 0. The molecule has 2 rings (SSSR count). The van der Waals surface area contributed by atoms with Crippen LogP contribution in [0.4, 0.5) is 0 Å². The number of hydrogen-bond donors (Lipinski definition) is 1. The molecule has 0 aromatic carbocycles. The maximum Gasteiger partial charge on any atom is 0.313 e. The predicted octanol–water partition coefficient (Wildman–Crippen LogP) is 2.50. The Hall–Kier alpha value is -0.570. The van der Waals surface area contributed by atoms with E-state index in [4.69, 9.17) is 4.74 Å². The Morgan fingerprint density at radius 3 is 2.82 bits per heavy atom. The van der Waals surface area contributed by atoms with Gasteiger partial charge in [-0.15, -0.1) is 0 Å². The third kappa shape index (κ3) is 3.01. The fourth-order valence-electron chi connectivity index (χ4n) is 2.96. The molecule has 1 aliphatic carbocycles. The molecule has 1 saturated heterocycles. The second-order valence-electron chi connectivity index (χ2n) is 5.68. The molecule has 98 valence electrons. The number of esters is 1. The third-order valence-electron chi connectivity index (χ3n) is 4.39. The fraction of sp³-hybridized carbons (Fsp3) is 0.929. The molecule has 0 aromatic rings. The van der Waals surface area contributed by atoms with Gasteiger partial charge in [0.2, 0.25) is 0 Å². The van der Waals surface area contributed by atoms with Gasteiger partial charge in [0.25, 0.3) is 0 Å². The van der Waals surface area contributed by atoms with Crippen LogP contribution in [0, 0.1) is 11.3 Å². The maximum absolute atomic E-state index is 12.2. The molecule has 3 nitrogen and oxygen atoms in total. The van der Waals surface area contributed by atoms with Crippen molar-refractivity contribution >= 4 is 5.97 Å². The topological polar surface area (TPSA) is 38.3 Å². The third-order valence-corrected chi connectivity index (χ3v) is 4.39. The summed E-state index contributed by atoms with van der Waals surface area (Å²) in [5.74, 6) is 0.871. The zero-order chi connectivity index (χ0) is 12.1. The van der Waals surface area contributed by atoms with Crippen molar-refractivity contribution in [3.63, 3.8) is 0 Å². The van der Waals surface area contributed by atoms with Crippen molar-refractivity contribution in [1.29, 1.82) is 0 Å². The summed E-state index contributed by atoms with van der Waals surface area (Å²) in [6.07, 6.45) is 8.06. The second-order valence-corrected chi connectivity index (χ2v) is 5.68. The van der Waals surface area contributed by atoms with Gasteiger partial charge in [-0.3, -0.25) is 4.79 Å². The van der Waals surface area contributed by atoms with Crippen LogP contribution in [0.1, 0.15) is 51.9 Å². The van der Waals surface area contributed by atoms with Crippen LogP contribution in [0.5, 0.6) is 0 Å². The van der Waals surface area contributed by atoms with Crippen LogP contribution < -0.4 is 5.32 Å². The van der Waals surface area contributed by atoms with E-state index < -0.39 is 0 Å². The molecule has 0 spiro atoms. The Morgan fingerprint density at radius 2 is 2.29 bits per heavy atom. The average molecular weight is 239 g/mol. The van der Waals surface area contributed by atoms with Crippen LogP contribution in [-0.2, 0) is 9.53 Å². The molecule has 0 amide bonds. The molecule has 1 heterocycles. The van der Waals surface area contributed by atoms with E-state index >= 15 is 0 Å². The summed E-state index contributed by atoms with van der Waals surface area (Å²) in [4.78, 5) is 12.2. The quantitative estimate of drug-likeness (QED) is 0.724. The Bertz CT molecular complexity index is 255. The van der Waals surface area contributed by atoms with Gasteiger partial charge in [0, 0.05) is 6.54 Å². The van der Waals surface area contributed by atoms with Gasteiger partial charge < -0.3 is 10.1 Å². The fourth-order valence-corrected chi connectivity index (χ4v) is 2.96. The van der Waals surface area contributed by atoms with Gasteiger partial charge in [-0.2, -0.15) is 0 Å². The number of rotatable bonds is 6. The molecule has 2 fully saturated rings. The first-order valence-electron chi connectivity index (χ1n) is 7.15. The molecule has 17 heavy (non-hydrogen) atoms. The zero-order valence-electron chi connectivity index (χ0n) is 11.0. The number of carbonyl (C=O) groups is 1. The molecule has 1 atom stereocenters. The van der Waals surface area contributed by atoms with E-state index in [1.807, 2.05) is 0 Å². The van der Waals surface area contributed by atoms with E-state index in [1.165, 1.54) is 19.3 Å². The SMILES string of the molecule is CCCC1(C(=O)OCCC2CCC2)CCNC1. The molecular formula is C14H25NO2. The lowest BCUT2D eigenvalue weighted by molar-refractivity contribution is -0.155. The number of carbonyl (C=O) groups excluding carboxylic acids is 1. The van der Waals surface area contributed by atoms with Crippen LogP contribution >= 0.6 is 0 Å². The minimum Gasteiger partial charge on any atom is -0.465 e. The Balaban J connectivity index is 1.75. The molecule has 2 aliphatic rings. The summed E-state index contributed by atoms with van der Waals surface area (Å²) in [5, 5.41) is 3.30. The van der Waals surface area contributed by atoms with Crippen LogP contribution in [0.25, 0.3) is 0 Å². The molecule has 0 bridgehead atoms. The molecule has 1 saturated carbocycles. The molecule has 3 heteroatoms. The largest absolute Gasteiger partial charge is 0.465 e. The van der Waals surface area contributed by atoms with E-state index in [9.17, 15) is 4.79 Å². The van der Waals surface area contributed by atoms with Crippen molar-refractivity contribution in [2.45, 2.75) is 51.9 Å². The van der Waals surface area contributed by atoms with E-state index in [0.29, 0.717) is 6.61 Å². The standard InChI is InChI=1S/C14H25NO2/c1-2-7-14(8-9-15-11-14)13(16)17-10-6-12-4-3-5-12/h12,15H,2-11H2,1H3. The van der Waals surface area contributed by atoms with Crippen LogP contribution in [0.2, 0.25) is 0 Å². The van der Waals surface area contributed by atoms with Crippen LogP contribution in [0.15, 0.2) is 0 Å². The Labute approximate surface area is 104 Å². The second kappa shape index (κ2) is 5.85. The summed E-state index contributed by atoms with van der Waals surface area (Å²) < 4.78 is 5.51. The Kier molecular flexibility index (Phi) is 4.43. The van der Waals surface area contributed by atoms with Crippen molar-refractivity contribution in [3.8, 4) is 0 Å². The molecule has 0 aromatic heterocycles. The lowest BCUT2D eigenvalue weighted by atomic mass is 9.82. The van der Waals surface area contributed by atoms with Crippen molar-refractivity contribution in [1.82, 2.24) is 5.32 Å². The molecule has 1 unspecified atom stereocenters. The Morgan fingerprint density at radius 1 is 1.47 bits per heavy atom. The van der Waals surface area contributed by atoms with Crippen molar-refractivity contribution in [2.75, 3.05) is 19.7 Å². The van der Waals surface area contributed by atoms with Gasteiger partial charge in [-0.05, 0) is 31.7 Å². The number of nitrogens with one attached hydrogen (secondary N) is 1. The van der Waals surface area contributed by atoms with Crippen molar-refractivity contribution < 1.29 is 9.53 Å². The van der Waals surface area contributed by atoms with E-state index in [0.717, 1.165) is 44.7 Å². The predicted molar refractivity (Wildman–Crippen MR) is 67.7 cm³/mol. The van der Waals surface area contributed by atoms with Crippen molar-refractivity contribution in [2.24, 2.45) is 11.3 Å². The highest BCUT2D eigenvalue weighted by molar-refractivity contribution is 5.77. The summed E-state index contributed by atoms with van der Waals surface area (Å²) in [5.41, 5.74) is -0.214.